The minimum atomic E-state index is -0.944. The molecule has 0 saturated carbocycles. The number of furan rings is 1. The molecule has 1 aromatic heterocycles. The number of rotatable bonds is 9. The van der Waals surface area contributed by atoms with Crippen molar-refractivity contribution in [2.24, 2.45) is 0 Å². The highest BCUT2D eigenvalue weighted by atomic mass is 19.1. The number of methoxy groups -OCH3 is 3. The number of aliphatic hydroxyl groups excluding tert-OH is 1. The third-order valence-electron chi connectivity index (χ3n) is 6.78. The first-order chi connectivity index (χ1) is 18.9. The summed E-state index contributed by atoms with van der Waals surface area (Å²) in [6.07, 6.45) is 0.367. The smallest absolute Gasteiger partial charge is 0.290 e. The summed E-state index contributed by atoms with van der Waals surface area (Å²) in [5, 5.41) is 11.7. The van der Waals surface area contributed by atoms with Crippen LogP contribution in [0.1, 0.15) is 27.7 Å². The first-order valence-electron chi connectivity index (χ1n) is 12.2. The molecule has 0 saturated heterocycles. The van der Waals surface area contributed by atoms with Crippen LogP contribution in [-0.2, 0) is 11.2 Å². The van der Waals surface area contributed by atoms with Crippen LogP contribution in [-0.4, -0.2) is 49.6 Å². The number of aliphatic hydroxyl groups is 1. The maximum Gasteiger partial charge on any atom is 0.290 e. The molecule has 0 spiro atoms. The van der Waals surface area contributed by atoms with E-state index in [9.17, 15) is 19.1 Å². The fraction of sp³-hybridized carbons (Fsp3) is 0.200. The van der Waals surface area contributed by atoms with Gasteiger partial charge in [-0.2, -0.15) is 0 Å². The standard InChI is InChI=1S/C30H26FNO7/c1-36-21-12-9-18(15-23(21)38-3)26-25(27(33)24-16-19-5-4-6-22(37-2)29(19)39-24)28(34)30(35)32(26)14-13-17-7-10-20(31)11-8-17/h4-12,15-16,26,34H,13-14H2,1-3H3. The van der Waals surface area contributed by atoms with Gasteiger partial charge in [-0.25, -0.2) is 4.39 Å². The van der Waals surface area contributed by atoms with Crippen LogP contribution in [0, 0.1) is 5.82 Å². The Morgan fingerprint density at radius 2 is 1.67 bits per heavy atom. The normalized spacial score (nSPS) is 15.2. The maximum atomic E-state index is 13.9. The van der Waals surface area contributed by atoms with Gasteiger partial charge in [-0.1, -0.05) is 30.3 Å². The first kappa shape index (κ1) is 25.8. The van der Waals surface area contributed by atoms with Gasteiger partial charge in [-0.3, -0.25) is 9.59 Å². The van der Waals surface area contributed by atoms with E-state index in [0.717, 1.165) is 5.56 Å². The number of para-hydroxylation sites is 1. The van der Waals surface area contributed by atoms with Gasteiger partial charge in [0.1, 0.15) is 5.82 Å². The molecule has 5 rings (SSSR count). The zero-order chi connectivity index (χ0) is 27.7. The molecule has 1 amide bonds. The van der Waals surface area contributed by atoms with E-state index >= 15 is 0 Å². The second-order valence-corrected chi connectivity index (χ2v) is 8.97. The van der Waals surface area contributed by atoms with Crippen LogP contribution in [0.5, 0.6) is 17.2 Å². The van der Waals surface area contributed by atoms with Gasteiger partial charge < -0.3 is 28.6 Å². The summed E-state index contributed by atoms with van der Waals surface area (Å²) >= 11 is 0. The van der Waals surface area contributed by atoms with Gasteiger partial charge in [0.25, 0.3) is 5.91 Å². The number of carbonyl (C=O) groups excluding carboxylic acids is 2. The van der Waals surface area contributed by atoms with Crippen LogP contribution in [0.4, 0.5) is 4.39 Å². The van der Waals surface area contributed by atoms with Gasteiger partial charge in [-0.15, -0.1) is 0 Å². The lowest BCUT2D eigenvalue weighted by molar-refractivity contribution is -0.129. The quantitative estimate of drug-likeness (QED) is 0.288. The molecule has 1 N–H and O–H groups in total. The molecule has 8 nitrogen and oxygen atoms in total. The minimum Gasteiger partial charge on any atom is -0.503 e. The summed E-state index contributed by atoms with van der Waals surface area (Å²) in [6.45, 7) is 0.151. The van der Waals surface area contributed by atoms with Gasteiger partial charge in [0.15, 0.2) is 34.4 Å². The molecule has 0 radical (unpaired) electrons. The first-order valence-corrected chi connectivity index (χ1v) is 12.2. The number of ketones is 1. The Morgan fingerprint density at radius 3 is 2.36 bits per heavy atom. The van der Waals surface area contributed by atoms with Crippen molar-refractivity contribution in [3.05, 3.63) is 101 Å². The Labute approximate surface area is 223 Å². The number of carbonyl (C=O) groups is 2. The topological polar surface area (TPSA) is 98.4 Å². The molecular formula is C30H26FNO7. The third-order valence-corrected chi connectivity index (χ3v) is 6.78. The van der Waals surface area contributed by atoms with Gasteiger partial charge in [0.2, 0.25) is 5.78 Å². The van der Waals surface area contributed by atoms with E-state index in [-0.39, 0.29) is 23.7 Å². The molecule has 1 aliphatic rings. The molecule has 1 atom stereocenters. The van der Waals surface area contributed by atoms with E-state index in [4.69, 9.17) is 18.6 Å². The van der Waals surface area contributed by atoms with Crippen LogP contribution >= 0.6 is 0 Å². The molecule has 1 unspecified atom stereocenters. The molecule has 2 heterocycles. The highest BCUT2D eigenvalue weighted by Crippen LogP contribution is 2.42. The summed E-state index contributed by atoms with van der Waals surface area (Å²) in [6, 6.07) is 16.8. The van der Waals surface area contributed by atoms with Crippen molar-refractivity contribution in [2.45, 2.75) is 12.5 Å². The fourth-order valence-corrected chi connectivity index (χ4v) is 4.83. The van der Waals surface area contributed by atoms with Crippen molar-refractivity contribution in [1.29, 1.82) is 0 Å². The lowest BCUT2D eigenvalue weighted by Crippen LogP contribution is -2.33. The van der Waals surface area contributed by atoms with Crippen molar-refractivity contribution in [1.82, 2.24) is 4.90 Å². The van der Waals surface area contributed by atoms with Gasteiger partial charge in [0, 0.05) is 11.9 Å². The highest BCUT2D eigenvalue weighted by molar-refractivity contribution is 6.16. The van der Waals surface area contributed by atoms with E-state index < -0.39 is 23.5 Å². The third kappa shape index (κ3) is 4.67. The zero-order valence-electron chi connectivity index (χ0n) is 21.6. The largest absolute Gasteiger partial charge is 0.503 e. The van der Waals surface area contributed by atoms with E-state index in [1.807, 2.05) is 0 Å². The second-order valence-electron chi connectivity index (χ2n) is 8.97. The SMILES string of the molecule is COc1ccc(C2C(C(=O)c3cc4cccc(OC)c4o3)=C(O)C(=O)N2CCc2ccc(F)cc2)cc1OC. The summed E-state index contributed by atoms with van der Waals surface area (Å²) < 4.78 is 35.4. The van der Waals surface area contributed by atoms with Crippen molar-refractivity contribution in [2.75, 3.05) is 27.9 Å². The number of amides is 1. The molecule has 4 aromatic rings. The Bertz CT molecular complexity index is 1590. The van der Waals surface area contributed by atoms with Crippen molar-refractivity contribution in [3.63, 3.8) is 0 Å². The van der Waals surface area contributed by atoms with E-state index in [1.165, 1.54) is 38.4 Å². The number of benzene rings is 3. The molecule has 200 valence electrons. The molecule has 39 heavy (non-hydrogen) atoms. The average molecular weight is 532 g/mol. The molecule has 0 aliphatic carbocycles. The molecule has 9 heteroatoms. The number of halogens is 1. The van der Waals surface area contributed by atoms with Gasteiger partial charge in [0.05, 0.1) is 32.9 Å². The van der Waals surface area contributed by atoms with Crippen LogP contribution in [0.2, 0.25) is 0 Å². The van der Waals surface area contributed by atoms with Gasteiger partial charge in [-0.05, 0) is 53.9 Å². The Morgan fingerprint density at radius 1 is 0.949 bits per heavy atom. The van der Waals surface area contributed by atoms with Crippen molar-refractivity contribution in [3.8, 4) is 17.2 Å². The number of Topliss-reactive ketones (excluding diaryl/α,β-unsaturated/α-hetero) is 1. The summed E-state index contributed by atoms with van der Waals surface area (Å²) in [5.74, 6) is -1.10. The van der Waals surface area contributed by atoms with Crippen LogP contribution in [0.25, 0.3) is 11.0 Å². The van der Waals surface area contributed by atoms with Crippen molar-refractivity contribution < 1.29 is 37.7 Å². The highest BCUT2D eigenvalue weighted by Gasteiger charge is 2.44. The summed E-state index contributed by atoms with van der Waals surface area (Å²) in [7, 11) is 4.48. The number of hydrogen-bond acceptors (Lipinski definition) is 7. The monoisotopic (exact) mass is 531 g/mol. The second kappa shape index (κ2) is 10.5. The fourth-order valence-electron chi connectivity index (χ4n) is 4.83. The van der Waals surface area contributed by atoms with E-state index in [1.54, 1.807) is 54.6 Å². The van der Waals surface area contributed by atoms with Crippen molar-refractivity contribution >= 4 is 22.7 Å². The molecule has 0 bridgehead atoms. The predicted molar refractivity (Wildman–Crippen MR) is 141 cm³/mol. The molecular weight excluding hydrogens is 505 g/mol. The van der Waals surface area contributed by atoms with Crippen LogP contribution in [0.15, 0.2) is 82.5 Å². The number of ether oxygens (including phenoxy) is 3. The summed E-state index contributed by atoms with van der Waals surface area (Å²) in [4.78, 5) is 28.6. The van der Waals surface area contributed by atoms with Crippen LogP contribution in [0.3, 0.4) is 0 Å². The van der Waals surface area contributed by atoms with Gasteiger partial charge >= 0.3 is 0 Å². The predicted octanol–water partition coefficient (Wildman–Crippen LogP) is 5.42. The average Bonchev–Trinajstić information content (AvgIpc) is 3.51. The van der Waals surface area contributed by atoms with E-state index in [2.05, 4.69) is 0 Å². The lowest BCUT2D eigenvalue weighted by atomic mass is 9.94. The Balaban J connectivity index is 1.57. The summed E-state index contributed by atoms with van der Waals surface area (Å²) in [5.41, 5.74) is 1.58. The molecule has 3 aromatic carbocycles. The number of nitrogens with zero attached hydrogens (tertiary/aromatic N) is 1. The maximum absolute atomic E-state index is 13.9. The molecule has 1 aliphatic heterocycles. The molecule has 0 fully saturated rings. The Hall–Kier alpha value is -4.79. The number of hydrogen-bond donors (Lipinski definition) is 1. The number of fused-ring (bicyclic) bond motifs is 1. The Kier molecular flexibility index (Phi) is 6.98. The van der Waals surface area contributed by atoms with Crippen LogP contribution < -0.4 is 14.2 Å². The van der Waals surface area contributed by atoms with E-state index in [0.29, 0.717) is 40.2 Å². The minimum absolute atomic E-state index is 0.0466. The lowest BCUT2D eigenvalue weighted by Gasteiger charge is -2.27. The zero-order valence-corrected chi connectivity index (χ0v) is 21.6.